The molecule has 0 saturated heterocycles. The van der Waals surface area contributed by atoms with Crippen LogP contribution in [0.2, 0.25) is 0 Å². The smallest absolute Gasteiger partial charge is 0.339 e. The van der Waals surface area contributed by atoms with E-state index < -0.39 is 5.97 Å². The number of H-pyrrole nitrogens is 1. The average Bonchev–Trinajstić information content (AvgIpc) is 2.85. The molecule has 98 valence electrons. The summed E-state index contributed by atoms with van der Waals surface area (Å²) in [7, 11) is 1.29. The van der Waals surface area contributed by atoms with Crippen molar-refractivity contribution in [2.45, 2.75) is 0 Å². The number of para-hydroxylation sites is 1. The van der Waals surface area contributed by atoms with E-state index in [4.69, 9.17) is 0 Å². The SMILES string of the molecule is COC(=O)c1ccccc1NC(=O)c1cc(Br)c[nH]1. The van der Waals surface area contributed by atoms with Crippen molar-refractivity contribution in [2.75, 3.05) is 12.4 Å². The van der Waals surface area contributed by atoms with Gasteiger partial charge in [0.15, 0.2) is 0 Å². The number of aromatic amines is 1. The van der Waals surface area contributed by atoms with E-state index in [2.05, 4.69) is 31.0 Å². The number of halogens is 1. The van der Waals surface area contributed by atoms with E-state index >= 15 is 0 Å². The molecule has 19 heavy (non-hydrogen) atoms. The van der Waals surface area contributed by atoms with Crippen molar-refractivity contribution >= 4 is 33.5 Å². The summed E-state index contributed by atoms with van der Waals surface area (Å²) in [6.45, 7) is 0. The van der Waals surface area contributed by atoms with Crippen LogP contribution in [0.5, 0.6) is 0 Å². The first-order chi connectivity index (χ1) is 9.11. The van der Waals surface area contributed by atoms with Gasteiger partial charge in [-0.05, 0) is 34.1 Å². The Kier molecular flexibility index (Phi) is 4.01. The molecule has 5 nitrogen and oxygen atoms in total. The molecule has 0 radical (unpaired) electrons. The van der Waals surface area contributed by atoms with Gasteiger partial charge in [0.25, 0.3) is 5.91 Å². The molecule has 0 saturated carbocycles. The second-order valence-corrected chi connectivity index (χ2v) is 4.64. The highest BCUT2D eigenvalue weighted by atomic mass is 79.9. The molecule has 0 fully saturated rings. The van der Waals surface area contributed by atoms with Gasteiger partial charge in [0.1, 0.15) is 5.69 Å². The Bertz CT molecular complexity index is 622. The average molecular weight is 323 g/mol. The number of nitrogens with one attached hydrogen (secondary N) is 2. The lowest BCUT2D eigenvalue weighted by atomic mass is 10.1. The first-order valence-corrected chi connectivity index (χ1v) is 6.23. The molecule has 1 aromatic heterocycles. The minimum Gasteiger partial charge on any atom is -0.465 e. The number of rotatable bonds is 3. The fourth-order valence-electron chi connectivity index (χ4n) is 1.57. The molecule has 0 atom stereocenters. The number of ether oxygens (including phenoxy) is 1. The molecule has 0 unspecified atom stereocenters. The third-order valence-electron chi connectivity index (χ3n) is 2.47. The molecule has 2 N–H and O–H groups in total. The number of esters is 1. The Labute approximate surface area is 118 Å². The van der Waals surface area contributed by atoms with Crippen molar-refractivity contribution in [3.05, 3.63) is 52.3 Å². The lowest BCUT2D eigenvalue weighted by Gasteiger charge is -2.08. The topological polar surface area (TPSA) is 71.2 Å². The highest BCUT2D eigenvalue weighted by Gasteiger charge is 2.14. The zero-order valence-electron chi connectivity index (χ0n) is 10.1. The highest BCUT2D eigenvalue weighted by molar-refractivity contribution is 9.10. The molecule has 1 amide bonds. The first kappa shape index (κ1) is 13.4. The van der Waals surface area contributed by atoms with Gasteiger partial charge in [-0.3, -0.25) is 4.79 Å². The van der Waals surface area contributed by atoms with Crippen molar-refractivity contribution in [1.82, 2.24) is 4.98 Å². The quantitative estimate of drug-likeness (QED) is 0.853. The summed E-state index contributed by atoms with van der Waals surface area (Å²) in [4.78, 5) is 26.4. The fraction of sp³-hybridized carbons (Fsp3) is 0.0769. The van der Waals surface area contributed by atoms with Gasteiger partial charge in [0.2, 0.25) is 0 Å². The van der Waals surface area contributed by atoms with Crippen LogP contribution in [-0.4, -0.2) is 24.0 Å². The summed E-state index contributed by atoms with van der Waals surface area (Å²) in [6.07, 6.45) is 1.65. The molecule has 1 aromatic carbocycles. The van der Waals surface area contributed by atoms with Crippen molar-refractivity contribution in [3.63, 3.8) is 0 Å². The molecular formula is C13H11BrN2O3. The molecule has 0 bridgehead atoms. The maximum atomic E-state index is 12.0. The molecule has 2 rings (SSSR count). The number of benzene rings is 1. The fourth-order valence-corrected chi connectivity index (χ4v) is 1.91. The lowest BCUT2D eigenvalue weighted by Crippen LogP contribution is -2.15. The van der Waals surface area contributed by atoms with E-state index in [-0.39, 0.29) is 5.91 Å². The zero-order valence-corrected chi connectivity index (χ0v) is 11.7. The summed E-state index contributed by atoms with van der Waals surface area (Å²) in [5, 5.41) is 2.66. The predicted molar refractivity (Wildman–Crippen MR) is 74.2 cm³/mol. The van der Waals surface area contributed by atoms with Crippen LogP contribution in [0.25, 0.3) is 0 Å². The van der Waals surface area contributed by atoms with E-state index in [1.165, 1.54) is 7.11 Å². The van der Waals surface area contributed by atoms with Crippen LogP contribution >= 0.6 is 15.9 Å². The van der Waals surface area contributed by atoms with Crippen LogP contribution in [0, 0.1) is 0 Å². The van der Waals surface area contributed by atoms with E-state index in [1.807, 2.05) is 0 Å². The number of carbonyl (C=O) groups excluding carboxylic acids is 2. The second kappa shape index (κ2) is 5.71. The van der Waals surface area contributed by atoms with Crippen LogP contribution in [0.4, 0.5) is 5.69 Å². The van der Waals surface area contributed by atoms with Crippen molar-refractivity contribution in [1.29, 1.82) is 0 Å². The maximum absolute atomic E-state index is 12.0. The molecule has 0 aliphatic heterocycles. The summed E-state index contributed by atoms with van der Waals surface area (Å²) in [5.41, 5.74) is 1.11. The largest absolute Gasteiger partial charge is 0.465 e. The van der Waals surface area contributed by atoms with Crippen LogP contribution in [-0.2, 0) is 4.74 Å². The molecule has 2 aromatic rings. The van der Waals surface area contributed by atoms with E-state index in [0.29, 0.717) is 16.9 Å². The number of carbonyl (C=O) groups is 2. The Balaban J connectivity index is 2.24. The molecular weight excluding hydrogens is 312 g/mol. The van der Waals surface area contributed by atoms with Gasteiger partial charge in [-0.1, -0.05) is 12.1 Å². The number of methoxy groups -OCH3 is 1. The van der Waals surface area contributed by atoms with Gasteiger partial charge in [0.05, 0.1) is 18.4 Å². The second-order valence-electron chi connectivity index (χ2n) is 3.72. The zero-order chi connectivity index (χ0) is 13.8. The summed E-state index contributed by atoms with van der Waals surface area (Å²) in [5.74, 6) is -0.828. The van der Waals surface area contributed by atoms with Gasteiger partial charge in [-0.15, -0.1) is 0 Å². The summed E-state index contributed by atoms with van der Waals surface area (Å²) in [6, 6.07) is 8.31. The van der Waals surface area contributed by atoms with Gasteiger partial charge in [0, 0.05) is 10.7 Å². The number of amides is 1. The van der Waals surface area contributed by atoms with E-state index in [1.54, 1.807) is 36.5 Å². The summed E-state index contributed by atoms with van der Waals surface area (Å²) < 4.78 is 5.44. The monoisotopic (exact) mass is 322 g/mol. The number of anilines is 1. The van der Waals surface area contributed by atoms with Crippen LogP contribution in [0.15, 0.2) is 41.0 Å². The van der Waals surface area contributed by atoms with Gasteiger partial charge < -0.3 is 15.0 Å². The van der Waals surface area contributed by atoms with Gasteiger partial charge in [-0.25, -0.2) is 4.79 Å². The molecule has 1 heterocycles. The predicted octanol–water partition coefficient (Wildman–Crippen LogP) is 2.82. The highest BCUT2D eigenvalue weighted by Crippen LogP contribution is 2.18. The summed E-state index contributed by atoms with van der Waals surface area (Å²) >= 11 is 3.25. The number of hydrogen-bond donors (Lipinski definition) is 2. The van der Waals surface area contributed by atoms with Crippen molar-refractivity contribution in [2.24, 2.45) is 0 Å². The first-order valence-electron chi connectivity index (χ1n) is 5.44. The van der Waals surface area contributed by atoms with Crippen molar-refractivity contribution in [3.8, 4) is 0 Å². The Morgan fingerprint density at radius 1 is 1.32 bits per heavy atom. The van der Waals surface area contributed by atoms with Crippen molar-refractivity contribution < 1.29 is 14.3 Å². The lowest BCUT2D eigenvalue weighted by molar-refractivity contribution is 0.0602. The third kappa shape index (κ3) is 3.03. The minimum atomic E-state index is -0.497. The minimum absolute atomic E-state index is 0.309. The van der Waals surface area contributed by atoms with E-state index in [9.17, 15) is 9.59 Å². The van der Waals surface area contributed by atoms with Crippen LogP contribution < -0.4 is 5.32 Å². The van der Waals surface area contributed by atoms with E-state index in [0.717, 1.165) is 4.47 Å². The molecule has 0 aliphatic carbocycles. The molecule has 0 aliphatic rings. The molecule has 6 heteroatoms. The standard InChI is InChI=1S/C13H11BrN2O3/c1-19-13(18)9-4-2-3-5-10(9)16-12(17)11-6-8(14)7-15-11/h2-7,15H,1H3,(H,16,17). The molecule has 0 spiro atoms. The number of hydrogen-bond acceptors (Lipinski definition) is 3. The van der Waals surface area contributed by atoms with Gasteiger partial charge in [-0.2, -0.15) is 0 Å². The van der Waals surface area contributed by atoms with Crippen LogP contribution in [0.1, 0.15) is 20.8 Å². The Morgan fingerprint density at radius 2 is 2.05 bits per heavy atom. The van der Waals surface area contributed by atoms with Gasteiger partial charge >= 0.3 is 5.97 Å². The Morgan fingerprint density at radius 3 is 2.68 bits per heavy atom. The van der Waals surface area contributed by atoms with Crippen LogP contribution in [0.3, 0.4) is 0 Å². The normalized spacial score (nSPS) is 10.0. The Hall–Kier alpha value is -2.08. The number of aromatic nitrogens is 1. The maximum Gasteiger partial charge on any atom is 0.339 e. The third-order valence-corrected chi connectivity index (χ3v) is 2.93.